The lowest BCUT2D eigenvalue weighted by Gasteiger charge is -2.34. The van der Waals surface area contributed by atoms with Gasteiger partial charge in [0, 0.05) is 38.3 Å². The summed E-state index contributed by atoms with van der Waals surface area (Å²) in [4.78, 5) is 12.0. The van der Waals surface area contributed by atoms with Crippen molar-refractivity contribution in [2.75, 3.05) is 31.1 Å². The quantitative estimate of drug-likeness (QED) is 0.555. The van der Waals surface area contributed by atoms with E-state index >= 15 is 0 Å². The number of nitriles is 1. The van der Waals surface area contributed by atoms with E-state index in [0.29, 0.717) is 18.1 Å². The van der Waals surface area contributed by atoms with Crippen molar-refractivity contribution >= 4 is 43.8 Å². The molecule has 0 amide bonds. The van der Waals surface area contributed by atoms with Crippen LogP contribution in [0.15, 0.2) is 29.2 Å². The Labute approximate surface area is 158 Å². The van der Waals surface area contributed by atoms with Crippen molar-refractivity contribution in [1.29, 1.82) is 5.26 Å². The van der Waals surface area contributed by atoms with Crippen molar-refractivity contribution in [2.45, 2.75) is 4.90 Å². The molecular formula is C14H12ClN5O4S2. The van der Waals surface area contributed by atoms with Crippen LogP contribution in [-0.2, 0) is 10.0 Å². The van der Waals surface area contributed by atoms with Gasteiger partial charge in [0.15, 0.2) is 5.15 Å². The summed E-state index contributed by atoms with van der Waals surface area (Å²) in [5, 5.41) is 20.8. The highest BCUT2D eigenvalue weighted by Gasteiger charge is 2.31. The molecule has 26 heavy (non-hydrogen) atoms. The van der Waals surface area contributed by atoms with E-state index in [0.717, 1.165) is 17.6 Å². The van der Waals surface area contributed by atoms with Gasteiger partial charge in [0.2, 0.25) is 10.0 Å². The van der Waals surface area contributed by atoms with Crippen LogP contribution in [-0.4, -0.2) is 48.2 Å². The van der Waals surface area contributed by atoms with Crippen LogP contribution in [0, 0.1) is 21.4 Å². The van der Waals surface area contributed by atoms with Crippen LogP contribution in [0.4, 0.5) is 10.7 Å². The normalized spacial score (nSPS) is 15.6. The van der Waals surface area contributed by atoms with Crippen molar-refractivity contribution in [3.63, 3.8) is 0 Å². The Bertz CT molecular complexity index is 993. The average molecular weight is 414 g/mol. The molecule has 1 aliphatic rings. The zero-order chi connectivity index (χ0) is 18.9. The number of rotatable bonds is 4. The lowest BCUT2D eigenvalue weighted by Crippen LogP contribution is -2.48. The highest BCUT2D eigenvalue weighted by Crippen LogP contribution is 2.32. The van der Waals surface area contributed by atoms with Crippen molar-refractivity contribution in [1.82, 2.24) is 8.68 Å². The van der Waals surface area contributed by atoms with Crippen LogP contribution in [0.3, 0.4) is 0 Å². The predicted octanol–water partition coefficient (Wildman–Crippen LogP) is 2.09. The SMILES string of the molecule is N#Cc1c(Cl)nsc1N1CCN(S(=O)(=O)c2cccc([N+](=O)[O-])c2)CC1. The summed E-state index contributed by atoms with van der Waals surface area (Å²) < 4.78 is 30.7. The second-order valence-corrected chi connectivity index (χ2v) is 8.46. The van der Waals surface area contributed by atoms with Crippen molar-refractivity contribution < 1.29 is 13.3 Å². The number of nitro benzene ring substituents is 1. The molecule has 0 unspecified atom stereocenters. The summed E-state index contributed by atoms with van der Waals surface area (Å²) in [6, 6.07) is 6.99. The number of aromatic nitrogens is 1. The third kappa shape index (κ3) is 3.36. The van der Waals surface area contributed by atoms with E-state index in [2.05, 4.69) is 4.37 Å². The van der Waals surface area contributed by atoms with Gasteiger partial charge in [0.25, 0.3) is 5.69 Å². The average Bonchev–Trinajstić information content (AvgIpc) is 3.02. The van der Waals surface area contributed by atoms with Crippen LogP contribution in [0.1, 0.15) is 5.56 Å². The first-order valence-corrected chi connectivity index (χ1v) is 9.98. The first kappa shape index (κ1) is 18.5. The number of nitrogens with zero attached hydrogens (tertiary/aromatic N) is 5. The third-order valence-electron chi connectivity index (χ3n) is 3.94. The lowest BCUT2D eigenvalue weighted by molar-refractivity contribution is -0.385. The maximum Gasteiger partial charge on any atom is 0.270 e. The standard InChI is InChI=1S/C14H12ClN5O4S2/c15-13-12(9-16)14(25-17-13)18-4-6-19(7-5-18)26(23,24)11-3-1-2-10(8-11)20(21)22/h1-3,8H,4-7H2. The molecule has 0 bridgehead atoms. The van der Waals surface area contributed by atoms with E-state index in [9.17, 15) is 18.5 Å². The Morgan fingerprint density at radius 2 is 2.00 bits per heavy atom. The molecule has 0 saturated carbocycles. The molecule has 0 N–H and O–H groups in total. The number of nitro groups is 1. The minimum absolute atomic E-state index is 0.112. The minimum atomic E-state index is -3.84. The number of anilines is 1. The zero-order valence-corrected chi connectivity index (χ0v) is 15.6. The van der Waals surface area contributed by atoms with E-state index < -0.39 is 14.9 Å². The monoisotopic (exact) mass is 413 g/mol. The molecule has 2 heterocycles. The lowest BCUT2D eigenvalue weighted by atomic mass is 10.3. The molecule has 1 aromatic carbocycles. The number of hydrogen-bond donors (Lipinski definition) is 0. The van der Waals surface area contributed by atoms with Gasteiger partial charge < -0.3 is 4.90 Å². The summed E-state index contributed by atoms with van der Waals surface area (Å²) in [6.45, 7) is 1.10. The molecule has 0 spiro atoms. The Morgan fingerprint density at radius 1 is 1.31 bits per heavy atom. The van der Waals surface area contributed by atoms with E-state index in [-0.39, 0.29) is 34.4 Å². The van der Waals surface area contributed by atoms with Crippen molar-refractivity contribution in [3.05, 3.63) is 45.1 Å². The molecule has 1 fully saturated rings. The van der Waals surface area contributed by atoms with Gasteiger partial charge in [-0.05, 0) is 17.6 Å². The van der Waals surface area contributed by atoms with Gasteiger partial charge in [-0.1, -0.05) is 17.7 Å². The van der Waals surface area contributed by atoms with Gasteiger partial charge >= 0.3 is 0 Å². The summed E-state index contributed by atoms with van der Waals surface area (Å²) in [7, 11) is -3.84. The molecular weight excluding hydrogens is 402 g/mol. The highest BCUT2D eigenvalue weighted by atomic mass is 35.5. The second kappa shape index (κ2) is 7.16. The van der Waals surface area contributed by atoms with E-state index in [1.807, 2.05) is 11.0 Å². The topological polar surface area (TPSA) is 120 Å². The first-order chi connectivity index (χ1) is 12.3. The van der Waals surface area contributed by atoms with Gasteiger partial charge in [-0.15, -0.1) is 0 Å². The number of halogens is 1. The van der Waals surface area contributed by atoms with E-state index in [4.69, 9.17) is 16.9 Å². The van der Waals surface area contributed by atoms with Gasteiger partial charge in [-0.2, -0.15) is 13.9 Å². The molecule has 2 aromatic rings. The Kier molecular flexibility index (Phi) is 5.10. The number of non-ortho nitro benzene ring substituents is 1. The molecule has 136 valence electrons. The number of benzene rings is 1. The largest absolute Gasteiger partial charge is 0.358 e. The highest BCUT2D eigenvalue weighted by molar-refractivity contribution is 7.89. The molecule has 1 saturated heterocycles. The van der Waals surface area contributed by atoms with E-state index in [1.165, 1.54) is 22.5 Å². The smallest absolute Gasteiger partial charge is 0.270 e. The molecule has 0 radical (unpaired) electrons. The molecule has 3 rings (SSSR count). The Balaban J connectivity index is 1.78. The number of piperazine rings is 1. The van der Waals surface area contributed by atoms with Crippen LogP contribution in [0.5, 0.6) is 0 Å². The van der Waals surface area contributed by atoms with Crippen LogP contribution < -0.4 is 4.90 Å². The summed E-state index contributed by atoms with van der Waals surface area (Å²) in [5.74, 6) is 0. The maximum atomic E-state index is 12.7. The van der Waals surface area contributed by atoms with E-state index in [1.54, 1.807) is 0 Å². The summed E-state index contributed by atoms with van der Waals surface area (Å²) in [6.07, 6.45) is 0. The molecule has 0 aliphatic carbocycles. The van der Waals surface area contributed by atoms with Crippen molar-refractivity contribution in [3.8, 4) is 6.07 Å². The van der Waals surface area contributed by atoms with Crippen LogP contribution >= 0.6 is 23.1 Å². The zero-order valence-electron chi connectivity index (χ0n) is 13.2. The number of hydrogen-bond acceptors (Lipinski definition) is 8. The van der Waals surface area contributed by atoms with Gasteiger partial charge in [0.05, 0.1) is 9.82 Å². The molecule has 1 aliphatic heterocycles. The molecule has 12 heteroatoms. The minimum Gasteiger partial charge on any atom is -0.358 e. The van der Waals surface area contributed by atoms with Gasteiger partial charge in [-0.25, -0.2) is 8.42 Å². The van der Waals surface area contributed by atoms with Crippen LogP contribution in [0.25, 0.3) is 0 Å². The second-order valence-electron chi connectivity index (χ2n) is 5.41. The fourth-order valence-electron chi connectivity index (χ4n) is 2.61. The molecule has 0 atom stereocenters. The summed E-state index contributed by atoms with van der Waals surface area (Å²) >= 11 is 6.97. The molecule has 9 nitrogen and oxygen atoms in total. The molecule has 1 aromatic heterocycles. The predicted molar refractivity (Wildman–Crippen MR) is 95.9 cm³/mol. The summed E-state index contributed by atoms with van der Waals surface area (Å²) in [5.41, 5.74) is 0.00864. The van der Waals surface area contributed by atoms with Gasteiger partial charge in [-0.3, -0.25) is 10.1 Å². The number of sulfonamides is 1. The van der Waals surface area contributed by atoms with Crippen molar-refractivity contribution in [2.24, 2.45) is 0 Å². The van der Waals surface area contributed by atoms with Gasteiger partial charge in [0.1, 0.15) is 16.6 Å². The Morgan fingerprint density at radius 3 is 2.62 bits per heavy atom. The fourth-order valence-corrected chi connectivity index (χ4v) is 5.15. The third-order valence-corrected chi connectivity index (χ3v) is 7.11. The van der Waals surface area contributed by atoms with Crippen LogP contribution in [0.2, 0.25) is 5.15 Å². The maximum absolute atomic E-state index is 12.7. The fraction of sp³-hybridized carbons (Fsp3) is 0.286. The Hall–Kier alpha value is -2.26. The first-order valence-electron chi connectivity index (χ1n) is 7.39.